The summed E-state index contributed by atoms with van der Waals surface area (Å²) in [6.45, 7) is 3.86. The second-order valence-electron chi connectivity index (χ2n) is 6.20. The van der Waals surface area contributed by atoms with Crippen molar-refractivity contribution in [1.29, 1.82) is 0 Å². The van der Waals surface area contributed by atoms with Crippen LogP contribution in [0.25, 0.3) is 26.7 Å². The second-order valence-corrected chi connectivity index (χ2v) is 7.71. The number of aryl methyl sites for hydroxylation is 2. The summed E-state index contributed by atoms with van der Waals surface area (Å²) in [6.07, 6.45) is 2.30. The van der Waals surface area contributed by atoms with Crippen molar-refractivity contribution in [1.82, 2.24) is 14.8 Å². The molecular formula is C18H16ClN5O2S. The number of nitrogens with zero attached hydrogens (tertiary/aromatic N) is 2. The van der Waals surface area contributed by atoms with Gasteiger partial charge in [0, 0.05) is 10.3 Å². The predicted molar refractivity (Wildman–Crippen MR) is 109 cm³/mol. The topological polar surface area (TPSA) is 120 Å². The molecule has 3 aromatic heterocycles. The van der Waals surface area contributed by atoms with Crippen LogP contribution in [-0.2, 0) is 6.42 Å². The van der Waals surface area contributed by atoms with E-state index in [-0.39, 0.29) is 16.9 Å². The minimum atomic E-state index is -0.689. The maximum Gasteiger partial charge on any atom is 0.265 e. The first-order valence-electron chi connectivity index (χ1n) is 8.25. The standard InChI is InChI=1S/C18H16ClN5O2S/c1-3-11-7(2)12-15(27-11)13(17(21)25)16(20)24(18(12)26)14-8-6-22-23-10(8)5-4-9(14)19/h4-6H,3,20H2,1-2H3,(H2,21,25)(H,22,23). The summed E-state index contributed by atoms with van der Waals surface area (Å²) >= 11 is 7.80. The number of aromatic amines is 1. The molecule has 0 saturated heterocycles. The van der Waals surface area contributed by atoms with Crippen LogP contribution in [0, 0.1) is 6.92 Å². The van der Waals surface area contributed by atoms with E-state index < -0.39 is 5.91 Å². The van der Waals surface area contributed by atoms with Gasteiger partial charge in [0.1, 0.15) is 5.82 Å². The summed E-state index contributed by atoms with van der Waals surface area (Å²) < 4.78 is 1.79. The molecule has 27 heavy (non-hydrogen) atoms. The maximum atomic E-state index is 13.4. The Morgan fingerprint density at radius 1 is 1.41 bits per heavy atom. The Bertz CT molecular complexity index is 1300. The highest BCUT2D eigenvalue weighted by molar-refractivity contribution is 7.19. The van der Waals surface area contributed by atoms with Gasteiger partial charge in [0.15, 0.2) is 0 Å². The molecule has 1 aromatic carbocycles. The summed E-state index contributed by atoms with van der Waals surface area (Å²) in [5.41, 5.74) is 13.6. The summed E-state index contributed by atoms with van der Waals surface area (Å²) in [5.74, 6) is -0.717. The first kappa shape index (κ1) is 17.6. The molecule has 0 atom stereocenters. The van der Waals surface area contributed by atoms with Gasteiger partial charge < -0.3 is 11.5 Å². The van der Waals surface area contributed by atoms with Crippen molar-refractivity contribution in [2.75, 3.05) is 5.73 Å². The quantitative estimate of drug-likeness (QED) is 0.488. The molecule has 5 N–H and O–H groups in total. The van der Waals surface area contributed by atoms with Gasteiger partial charge in [0.05, 0.1) is 38.1 Å². The number of carbonyl (C=O) groups excluding carboxylic acids is 1. The summed E-state index contributed by atoms with van der Waals surface area (Å²) in [6, 6.07) is 3.41. The maximum absolute atomic E-state index is 13.4. The van der Waals surface area contributed by atoms with Crippen molar-refractivity contribution in [3.05, 3.63) is 49.7 Å². The van der Waals surface area contributed by atoms with E-state index in [1.165, 1.54) is 15.9 Å². The highest BCUT2D eigenvalue weighted by Crippen LogP contribution is 2.37. The molecule has 4 rings (SSSR count). The fraction of sp³-hybridized carbons (Fsp3) is 0.167. The number of fused-ring (bicyclic) bond motifs is 2. The van der Waals surface area contributed by atoms with Crippen molar-refractivity contribution < 1.29 is 4.79 Å². The van der Waals surface area contributed by atoms with Crippen LogP contribution in [0.1, 0.15) is 27.7 Å². The Balaban J connectivity index is 2.27. The molecule has 0 aliphatic rings. The molecule has 0 saturated carbocycles. The summed E-state index contributed by atoms with van der Waals surface area (Å²) in [7, 11) is 0. The number of anilines is 1. The summed E-state index contributed by atoms with van der Waals surface area (Å²) in [4.78, 5) is 26.7. The lowest BCUT2D eigenvalue weighted by Crippen LogP contribution is -2.27. The minimum Gasteiger partial charge on any atom is -0.384 e. The lowest BCUT2D eigenvalue weighted by Gasteiger charge is -2.15. The van der Waals surface area contributed by atoms with Gasteiger partial charge in [0.25, 0.3) is 11.5 Å². The van der Waals surface area contributed by atoms with Crippen molar-refractivity contribution in [2.24, 2.45) is 5.73 Å². The number of carbonyl (C=O) groups is 1. The molecule has 9 heteroatoms. The van der Waals surface area contributed by atoms with Crippen molar-refractivity contribution in [2.45, 2.75) is 20.3 Å². The van der Waals surface area contributed by atoms with Crippen LogP contribution < -0.4 is 17.0 Å². The van der Waals surface area contributed by atoms with Gasteiger partial charge in [-0.15, -0.1) is 11.3 Å². The zero-order valence-corrected chi connectivity index (χ0v) is 16.2. The van der Waals surface area contributed by atoms with Gasteiger partial charge in [0.2, 0.25) is 0 Å². The first-order valence-corrected chi connectivity index (χ1v) is 9.44. The van der Waals surface area contributed by atoms with Crippen LogP contribution in [-0.4, -0.2) is 20.7 Å². The lowest BCUT2D eigenvalue weighted by atomic mass is 10.1. The van der Waals surface area contributed by atoms with Crippen LogP contribution in [0.4, 0.5) is 5.82 Å². The number of nitrogens with two attached hydrogens (primary N) is 2. The van der Waals surface area contributed by atoms with Gasteiger partial charge in [-0.05, 0) is 31.0 Å². The van der Waals surface area contributed by atoms with Gasteiger partial charge >= 0.3 is 0 Å². The van der Waals surface area contributed by atoms with E-state index in [1.54, 1.807) is 18.3 Å². The number of aromatic nitrogens is 3. The monoisotopic (exact) mass is 401 g/mol. The van der Waals surface area contributed by atoms with Crippen LogP contribution in [0.15, 0.2) is 23.1 Å². The van der Waals surface area contributed by atoms with E-state index in [0.717, 1.165) is 16.9 Å². The first-order chi connectivity index (χ1) is 12.9. The highest BCUT2D eigenvalue weighted by atomic mass is 35.5. The number of hydrogen-bond acceptors (Lipinski definition) is 5. The molecular weight excluding hydrogens is 386 g/mol. The van der Waals surface area contributed by atoms with Gasteiger partial charge in [-0.2, -0.15) is 5.10 Å². The molecule has 0 aliphatic carbocycles. The predicted octanol–water partition coefficient (Wildman–Crippen LogP) is 3.13. The zero-order valence-electron chi connectivity index (χ0n) is 14.6. The van der Waals surface area contributed by atoms with E-state index in [2.05, 4.69) is 10.2 Å². The summed E-state index contributed by atoms with van der Waals surface area (Å²) in [5, 5.41) is 8.23. The molecule has 0 bridgehead atoms. The smallest absolute Gasteiger partial charge is 0.265 e. The zero-order chi connectivity index (χ0) is 19.5. The molecule has 0 aliphatic heterocycles. The number of thiophene rings is 1. The molecule has 0 radical (unpaired) electrons. The number of nitrogen functional groups attached to an aromatic ring is 1. The number of hydrogen-bond donors (Lipinski definition) is 3. The molecule has 138 valence electrons. The van der Waals surface area contributed by atoms with Gasteiger partial charge in [-0.1, -0.05) is 18.5 Å². The Hall–Kier alpha value is -2.84. The molecule has 3 heterocycles. The van der Waals surface area contributed by atoms with Crippen LogP contribution in [0.3, 0.4) is 0 Å². The van der Waals surface area contributed by atoms with E-state index in [9.17, 15) is 9.59 Å². The van der Waals surface area contributed by atoms with Gasteiger partial charge in [-0.25, -0.2) is 0 Å². The lowest BCUT2D eigenvalue weighted by molar-refractivity contribution is 0.100. The van der Waals surface area contributed by atoms with Crippen LogP contribution >= 0.6 is 22.9 Å². The third kappa shape index (κ3) is 2.37. The number of nitrogens with one attached hydrogen (secondary N) is 1. The SMILES string of the molecule is CCc1sc2c(C(N)=O)c(N)n(-c3c(Cl)ccc4[nH]ncc34)c(=O)c2c1C. The van der Waals surface area contributed by atoms with E-state index in [0.29, 0.717) is 31.7 Å². The number of primary amides is 1. The third-order valence-corrected chi connectivity index (χ3v) is 6.48. The van der Waals surface area contributed by atoms with Gasteiger partial charge in [-0.3, -0.25) is 19.3 Å². The molecule has 7 nitrogen and oxygen atoms in total. The second kappa shape index (κ2) is 6.11. The number of amides is 1. The molecule has 0 fully saturated rings. The Morgan fingerprint density at radius 3 is 2.81 bits per heavy atom. The van der Waals surface area contributed by atoms with Crippen molar-refractivity contribution in [3.63, 3.8) is 0 Å². The minimum absolute atomic E-state index is 0.0282. The third-order valence-electron chi connectivity index (χ3n) is 4.72. The van der Waals surface area contributed by atoms with Crippen molar-refractivity contribution >= 4 is 55.7 Å². The Morgan fingerprint density at radius 2 is 2.15 bits per heavy atom. The molecule has 0 unspecified atom stereocenters. The van der Waals surface area contributed by atoms with E-state index in [4.69, 9.17) is 23.1 Å². The molecule has 1 amide bonds. The molecule has 4 aromatic rings. The molecule has 0 spiro atoms. The average molecular weight is 402 g/mol. The fourth-order valence-electron chi connectivity index (χ4n) is 3.44. The Kier molecular flexibility index (Phi) is 3.97. The normalized spacial score (nSPS) is 11.5. The highest BCUT2D eigenvalue weighted by Gasteiger charge is 2.25. The number of benzene rings is 1. The number of rotatable bonds is 3. The van der Waals surface area contributed by atoms with E-state index in [1.807, 2.05) is 13.8 Å². The van der Waals surface area contributed by atoms with Crippen molar-refractivity contribution in [3.8, 4) is 5.69 Å². The fourth-order valence-corrected chi connectivity index (χ4v) is 4.99. The number of halogens is 1. The average Bonchev–Trinajstić information content (AvgIpc) is 3.21. The van der Waals surface area contributed by atoms with E-state index >= 15 is 0 Å². The van der Waals surface area contributed by atoms with Crippen LogP contribution in [0.2, 0.25) is 5.02 Å². The van der Waals surface area contributed by atoms with Crippen LogP contribution in [0.5, 0.6) is 0 Å². The largest absolute Gasteiger partial charge is 0.384 e. The number of pyridine rings is 1. The Labute approximate surface area is 162 Å². The number of H-pyrrole nitrogens is 1.